The molecule has 4 heterocycles. The SMILES string of the molecule is c1ccc(N(c2cccc(-c3ccc(-c4ccc(-c5ccc6oc7ccccc7c6c5)cc4-c4ccc5oc6ccccc6c5c4)cc3)c2)c2ccc3ccccc3c2)cc1.c1ccc(N(c2ccccc2)c2cccc(-c3ccc(-c4ccc(-c5ccc6oc7ccccc7c6c5)cc4-c4ccc5oc6ccccc6c5c4)cc3)c2)cc1. The molecule has 0 radical (unpaired) electrons. The van der Waals surface area contributed by atoms with E-state index in [-0.39, 0.29) is 0 Å². The predicted octanol–water partition coefficient (Wildman–Crippen LogP) is 32.4. The molecule has 0 aliphatic rings. The minimum Gasteiger partial charge on any atom is -0.456 e. The summed E-state index contributed by atoms with van der Waals surface area (Å²) in [6, 6.07) is 156. The fourth-order valence-corrected chi connectivity index (χ4v) is 17.3. The van der Waals surface area contributed by atoms with Gasteiger partial charge in [0.1, 0.15) is 44.7 Å². The van der Waals surface area contributed by atoms with Gasteiger partial charge >= 0.3 is 0 Å². The van der Waals surface area contributed by atoms with E-state index in [2.05, 4.69) is 398 Å². The van der Waals surface area contributed by atoms with Crippen LogP contribution in [0.1, 0.15) is 0 Å². The van der Waals surface area contributed by atoms with Crippen LogP contribution in [0.15, 0.2) is 454 Å². The highest BCUT2D eigenvalue weighted by Gasteiger charge is 2.21. The van der Waals surface area contributed by atoms with Gasteiger partial charge in [-0.15, -0.1) is 0 Å². The lowest BCUT2D eigenvalue weighted by Gasteiger charge is -2.26. The number of nitrogens with zero attached hydrogens (tertiary/aromatic N) is 2. The Morgan fingerprint density at radius 2 is 0.398 bits per heavy atom. The molecule has 0 aliphatic heterocycles. The van der Waals surface area contributed by atoms with Gasteiger partial charge in [0.05, 0.1) is 0 Å². The second-order valence-electron chi connectivity index (χ2n) is 30.2. The standard InChI is InChI=1S/C58H37NO2.C54H35NO2/c1-2-14-46(15-3-1)59(48-29-25-38-11-4-5-12-41(38)34-48)47-16-10-13-42(33-47)39-21-23-40(24-22-39)49-30-26-43(44-27-31-57-53(36-44)50-17-6-8-19-55(50)60-57)35-52(49)45-28-32-58-54(37-45)51-18-7-9-20-56(51)61-58;1-3-13-42(14-4-1)55(43-15-5-2-6-16-43)44-17-11-12-38(32-44)36-22-24-37(25-23-36)45-29-26-39(40-27-30-53-49(34-40)46-18-7-9-20-51(46)56-53)33-48(45)41-28-31-54-50(35-41)47-19-8-10-21-52(47)57-54/h1-37H;1-35H. The summed E-state index contributed by atoms with van der Waals surface area (Å²) in [7, 11) is 0. The van der Waals surface area contributed by atoms with Gasteiger partial charge in [-0.2, -0.15) is 0 Å². The molecular weight excluding hydrogens is 1440 g/mol. The third kappa shape index (κ3) is 12.8. The molecule has 0 unspecified atom stereocenters. The summed E-state index contributed by atoms with van der Waals surface area (Å²) in [5, 5.41) is 11.4. The van der Waals surface area contributed by atoms with Crippen LogP contribution < -0.4 is 9.80 Å². The first-order valence-corrected chi connectivity index (χ1v) is 40.0. The molecule has 0 aliphatic carbocycles. The van der Waals surface area contributed by atoms with Crippen LogP contribution in [0.25, 0.3) is 188 Å². The number of furan rings is 4. The highest BCUT2D eigenvalue weighted by Crippen LogP contribution is 2.46. The average molecular weight is 1510 g/mol. The van der Waals surface area contributed by atoms with Crippen molar-refractivity contribution in [2.45, 2.75) is 0 Å². The van der Waals surface area contributed by atoms with E-state index in [1.165, 1.54) is 16.3 Å². The van der Waals surface area contributed by atoms with Crippen molar-refractivity contribution in [1.82, 2.24) is 0 Å². The molecule has 0 amide bonds. The monoisotopic (exact) mass is 1510 g/mol. The summed E-state index contributed by atoms with van der Waals surface area (Å²) in [5.41, 5.74) is 32.3. The molecule has 0 bridgehead atoms. The van der Waals surface area contributed by atoms with E-state index in [0.717, 1.165) is 205 Å². The van der Waals surface area contributed by atoms with Crippen LogP contribution >= 0.6 is 0 Å². The minimum atomic E-state index is 0.887. The predicted molar refractivity (Wildman–Crippen MR) is 492 cm³/mol. The maximum absolute atomic E-state index is 6.25. The highest BCUT2D eigenvalue weighted by atomic mass is 16.3. The molecule has 4 aromatic heterocycles. The summed E-state index contributed by atoms with van der Waals surface area (Å²) in [5.74, 6) is 0. The Morgan fingerprint density at radius 3 is 0.797 bits per heavy atom. The molecule has 23 rings (SSSR count). The van der Waals surface area contributed by atoms with Crippen molar-refractivity contribution in [3.63, 3.8) is 0 Å². The lowest BCUT2D eigenvalue weighted by Crippen LogP contribution is -2.09. The van der Waals surface area contributed by atoms with Crippen LogP contribution in [-0.2, 0) is 0 Å². The first kappa shape index (κ1) is 69.0. The fraction of sp³-hybridized carbons (Fsp3) is 0. The van der Waals surface area contributed by atoms with E-state index in [1.807, 2.05) is 48.5 Å². The van der Waals surface area contributed by atoms with Crippen molar-refractivity contribution < 1.29 is 17.7 Å². The third-order valence-electron chi connectivity index (χ3n) is 23.1. The first-order chi connectivity index (χ1) is 58.4. The summed E-state index contributed by atoms with van der Waals surface area (Å²) in [6.45, 7) is 0. The second kappa shape index (κ2) is 29.3. The number of hydrogen-bond donors (Lipinski definition) is 0. The molecule has 554 valence electrons. The zero-order valence-corrected chi connectivity index (χ0v) is 64.1. The highest BCUT2D eigenvalue weighted by molar-refractivity contribution is 6.11. The Morgan fingerprint density at radius 1 is 0.127 bits per heavy atom. The first-order valence-electron chi connectivity index (χ1n) is 40.0. The largest absolute Gasteiger partial charge is 0.456 e. The Kier molecular flexibility index (Phi) is 17.1. The lowest BCUT2D eigenvalue weighted by atomic mass is 9.89. The van der Waals surface area contributed by atoms with Gasteiger partial charge in [0.15, 0.2) is 0 Å². The number of anilines is 6. The van der Waals surface area contributed by atoms with E-state index < -0.39 is 0 Å². The molecule has 0 saturated carbocycles. The van der Waals surface area contributed by atoms with Crippen LogP contribution in [0.4, 0.5) is 34.1 Å². The van der Waals surface area contributed by atoms with Crippen molar-refractivity contribution in [2.24, 2.45) is 0 Å². The van der Waals surface area contributed by atoms with Gasteiger partial charge in [-0.3, -0.25) is 0 Å². The Labute approximate surface area is 681 Å². The van der Waals surface area contributed by atoms with Gasteiger partial charge in [0, 0.05) is 77.2 Å². The normalized spacial score (nSPS) is 11.6. The number of rotatable bonds is 14. The third-order valence-corrected chi connectivity index (χ3v) is 23.1. The Hall–Kier alpha value is -15.8. The van der Waals surface area contributed by atoms with Gasteiger partial charge in [0.2, 0.25) is 0 Å². The summed E-state index contributed by atoms with van der Waals surface area (Å²) in [6.07, 6.45) is 0. The van der Waals surface area contributed by atoms with Gasteiger partial charge in [-0.1, -0.05) is 279 Å². The molecule has 0 saturated heterocycles. The van der Waals surface area contributed by atoms with E-state index in [1.54, 1.807) is 0 Å². The quantitative estimate of drug-likeness (QED) is 0.108. The maximum atomic E-state index is 6.25. The molecule has 6 nitrogen and oxygen atoms in total. The van der Waals surface area contributed by atoms with Gasteiger partial charge in [0.25, 0.3) is 0 Å². The van der Waals surface area contributed by atoms with Crippen LogP contribution in [0.2, 0.25) is 0 Å². The molecule has 19 aromatic carbocycles. The Balaban J connectivity index is 0.000000143. The molecule has 6 heteroatoms. The lowest BCUT2D eigenvalue weighted by molar-refractivity contribution is 0.668. The molecule has 0 atom stereocenters. The van der Waals surface area contributed by atoms with Gasteiger partial charge in [-0.25, -0.2) is 0 Å². The van der Waals surface area contributed by atoms with Crippen LogP contribution in [0, 0.1) is 0 Å². The molecule has 0 N–H and O–H groups in total. The number of para-hydroxylation sites is 7. The van der Waals surface area contributed by atoms with Crippen molar-refractivity contribution >= 4 is 133 Å². The fourth-order valence-electron chi connectivity index (χ4n) is 17.3. The second-order valence-corrected chi connectivity index (χ2v) is 30.2. The molecule has 0 spiro atoms. The topological polar surface area (TPSA) is 59.0 Å². The van der Waals surface area contributed by atoms with Gasteiger partial charge < -0.3 is 27.5 Å². The summed E-state index contributed by atoms with van der Waals surface area (Å²) < 4.78 is 24.8. The van der Waals surface area contributed by atoms with Crippen LogP contribution in [0.3, 0.4) is 0 Å². The van der Waals surface area contributed by atoms with Crippen LogP contribution in [0.5, 0.6) is 0 Å². The van der Waals surface area contributed by atoms with E-state index in [0.29, 0.717) is 0 Å². The van der Waals surface area contributed by atoms with E-state index in [9.17, 15) is 0 Å². The summed E-state index contributed by atoms with van der Waals surface area (Å²) >= 11 is 0. The van der Waals surface area contributed by atoms with E-state index in [4.69, 9.17) is 17.7 Å². The smallest absolute Gasteiger partial charge is 0.135 e. The van der Waals surface area contributed by atoms with Crippen molar-refractivity contribution in [2.75, 3.05) is 9.80 Å². The zero-order valence-electron chi connectivity index (χ0n) is 64.1. The summed E-state index contributed by atoms with van der Waals surface area (Å²) in [4.78, 5) is 4.64. The van der Waals surface area contributed by atoms with Crippen LogP contribution in [-0.4, -0.2) is 0 Å². The molecular formula is C112H72N2O4. The Bertz CT molecular complexity index is 7710. The molecule has 118 heavy (non-hydrogen) atoms. The van der Waals surface area contributed by atoms with Crippen molar-refractivity contribution in [3.05, 3.63) is 437 Å². The molecule has 23 aromatic rings. The zero-order chi connectivity index (χ0) is 78.0. The van der Waals surface area contributed by atoms with Crippen molar-refractivity contribution in [1.29, 1.82) is 0 Å². The minimum absolute atomic E-state index is 0.887. The number of hydrogen-bond acceptors (Lipinski definition) is 6. The number of fused-ring (bicyclic) bond motifs is 13. The average Bonchev–Trinajstić information content (AvgIpc) is 1.49. The molecule has 0 fully saturated rings. The maximum Gasteiger partial charge on any atom is 0.135 e. The number of benzene rings is 19. The van der Waals surface area contributed by atoms with Crippen molar-refractivity contribution in [3.8, 4) is 89.0 Å². The van der Waals surface area contributed by atoms with E-state index >= 15 is 0 Å². The van der Waals surface area contributed by atoms with Gasteiger partial charge in [-0.05, 0) is 258 Å².